The molecule has 1 atom stereocenters. The van der Waals surface area contributed by atoms with Crippen LogP contribution in [0.3, 0.4) is 0 Å². The first-order chi connectivity index (χ1) is 8.57. The van der Waals surface area contributed by atoms with Crippen LogP contribution in [-0.2, 0) is 6.42 Å². The molecular weight excluding hydrogens is 295 g/mol. The number of rotatable bonds is 4. The number of hydrogen-bond donors (Lipinski definition) is 1. The number of aliphatic hydroxyl groups is 1. The number of aliphatic hydroxyl groups excluding tert-OH is 1. The van der Waals surface area contributed by atoms with Crippen LogP contribution < -0.4 is 0 Å². The van der Waals surface area contributed by atoms with Crippen LogP contribution in [0, 0.1) is 11.2 Å². The smallest absolute Gasteiger partial charge is 0.123 e. The third kappa shape index (κ3) is 2.77. The number of halogens is 2. The van der Waals surface area contributed by atoms with E-state index in [9.17, 15) is 9.50 Å². The van der Waals surface area contributed by atoms with E-state index in [-0.39, 0.29) is 17.3 Å². The maximum atomic E-state index is 13.2. The summed E-state index contributed by atoms with van der Waals surface area (Å²) in [6, 6.07) is 4.67. The molecule has 1 unspecified atom stereocenters. The lowest BCUT2D eigenvalue weighted by molar-refractivity contribution is 0.0256. The Balaban J connectivity index is 2.15. The number of hydrogen-bond acceptors (Lipinski definition) is 1. The van der Waals surface area contributed by atoms with Crippen LogP contribution in [0.4, 0.5) is 4.39 Å². The summed E-state index contributed by atoms with van der Waals surface area (Å²) in [6.07, 6.45) is 5.76. The second-order valence-corrected chi connectivity index (χ2v) is 6.23. The van der Waals surface area contributed by atoms with Crippen LogP contribution in [0.25, 0.3) is 0 Å². The van der Waals surface area contributed by atoms with Gasteiger partial charge in [-0.3, -0.25) is 0 Å². The molecule has 1 aromatic carbocycles. The van der Waals surface area contributed by atoms with Crippen LogP contribution in [0.1, 0.15) is 44.6 Å². The Labute approximate surface area is 117 Å². The first kappa shape index (κ1) is 14.0. The van der Waals surface area contributed by atoms with Gasteiger partial charge in [0, 0.05) is 10.9 Å². The largest absolute Gasteiger partial charge is 0.392 e. The van der Waals surface area contributed by atoms with Crippen LogP contribution >= 0.6 is 15.9 Å². The van der Waals surface area contributed by atoms with Gasteiger partial charge in [0.25, 0.3) is 0 Å². The molecule has 3 heteroatoms. The van der Waals surface area contributed by atoms with E-state index in [2.05, 4.69) is 22.9 Å². The minimum Gasteiger partial charge on any atom is -0.392 e. The van der Waals surface area contributed by atoms with Crippen molar-refractivity contribution >= 4 is 15.9 Å². The lowest BCUT2D eigenvalue weighted by Crippen LogP contribution is -2.33. The summed E-state index contributed by atoms with van der Waals surface area (Å²) in [7, 11) is 0. The van der Waals surface area contributed by atoms with E-state index in [0.29, 0.717) is 6.42 Å². The Morgan fingerprint density at radius 2 is 2.06 bits per heavy atom. The van der Waals surface area contributed by atoms with E-state index in [0.717, 1.165) is 29.3 Å². The summed E-state index contributed by atoms with van der Waals surface area (Å²) < 4.78 is 14.1. The van der Waals surface area contributed by atoms with E-state index >= 15 is 0 Å². The molecule has 100 valence electrons. The molecule has 2 rings (SSSR count). The van der Waals surface area contributed by atoms with Gasteiger partial charge in [0.05, 0.1) is 6.10 Å². The lowest BCUT2D eigenvalue weighted by atomic mass is 9.76. The van der Waals surface area contributed by atoms with E-state index in [1.807, 2.05) is 0 Å². The van der Waals surface area contributed by atoms with Crippen molar-refractivity contribution in [1.82, 2.24) is 0 Å². The fourth-order valence-electron chi connectivity index (χ4n) is 3.13. The first-order valence-corrected chi connectivity index (χ1v) is 7.49. The second kappa shape index (κ2) is 5.70. The van der Waals surface area contributed by atoms with Gasteiger partial charge in [0.15, 0.2) is 0 Å². The minimum atomic E-state index is -0.372. The molecule has 0 bridgehead atoms. The highest BCUT2D eigenvalue weighted by Crippen LogP contribution is 2.45. The topological polar surface area (TPSA) is 20.2 Å². The Bertz CT molecular complexity index is 413. The molecule has 1 aromatic rings. The maximum absolute atomic E-state index is 13.2. The molecule has 1 nitrogen and oxygen atoms in total. The highest BCUT2D eigenvalue weighted by Gasteiger charge is 2.38. The van der Waals surface area contributed by atoms with E-state index in [4.69, 9.17) is 0 Å². The highest BCUT2D eigenvalue weighted by molar-refractivity contribution is 9.10. The average Bonchev–Trinajstić information content (AvgIpc) is 2.84. The third-order valence-electron chi connectivity index (χ3n) is 4.43. The van der Waals surface area contributed by atoms with Crippen molar-refractivity contribution in [3.8, 4) is 0 Å². The first-order valence-electron chi connectivity index (χ1n) is 6.69. The molecule has 0 amide bonds. The fourth-order valence-corrected chi connectivity index (χ4v) is 3.53. The number of benzene rings is 1. The molecule has 0 aliphatic heterocycles. The standard InChI is InChI=1S/C15H20BrFO/c1-2-15(7-3-4-8-15)14(18)10-11-9-12(17)5-6-13(11)16/h5-6,9,14,18H,2-4,7-8,10H2,1H3. The predicted octanol–water partition coefficient (Wildman–Crippen LogP) is 4.46. The molecule has 1 aliphatic rings. The average molecular weight is 315 g/mol. The molecule has 1 saturated carbocycles. The van der Waals surface area contributed by atoms with Crippen molar-refractivity contribution in [3.05, 3.63) is 34.1 Å². The highest BCUT2D eigenvalue weighted by atomic mass is 79.9. The summed E-state index contributed by atoms with van der Waals surface area (Å²) in [5.74, 6) is -0.239. The molecule has 0 aromatic heterocycles. The van der Waals surface area contributed by atoms with Crippen molar-refractivity contribution in [2.24, 2.45) is 5.41 Å². The summed E-state index contributed by atoms with van der Waals surface area (Å²) in [5.41, 5.74) is 0.911. The fraction of sp³-hybridized carbons (Fsp3) is 0.600. The minimum absolute atomic E-state index is 0.0474. The third-order valence-corrected chi connectivity index (χ3v) is 5.20. The molecule has 0 heterocycles. The van der Waals surface area contributed by atoms with Gasteiger partial charge in [-0.15, -0.1) is 0 Å². The lowest BCUT2D eigenvalue weighted by Gasteiger charge is -2.33. The predicted molar refractivity (Wildman–Crippen MR) is 75.0 cm³/mol. The second-order valence-electron chi connectivity index (χ2n) is 5.38. The monoisotopic (exact) mass is 314 g/mol. The Morgan fingerprint density at radius 3 is 2.67 bits per heavy atom. The van der Waals surface area contributed by atoms with Crippen molar-refractivity contribution < 1.29 is 9.50 Å². The Kier molecular flexibility index (Phi) is 4.44. The van der Waals surface area contributed by atoms with Gasteiger partial charge in [-0.1, -0.05) is 35.7 Å². The molecule has 0 spiro atoms. The van der Waals surface area contributed by atoms with E-state index < -0.39 is 0 Å². The van der Waals surface area contributed by atoms with Gasteiger partial charge in [-0.25, -0.2) is 4.39 Å². The molecule has 1 fully saturated rings. The van der Waals surface area contributed by atoms with Crippen molar-refractivity contribution in [2.45, 2.75) is 51.6 Å². The van der Waals surface area contributed by atoms with Crippen LogP contribution in [0.2, 0.25) is 0 Å². The van der Waals surface area contributed by atoms with Gasteiger partial charge >= 0.3 is 0 Å². The SMILES string of the molecule is CCC1(C(O)Cc2cc(F)ccc2Br)CCCC1. The van der Waals surface area contributed by atoms with Crippen molar-refractivity contribution in [3.63, 3.8) is 0 Å². The molecule has 1 aliphatic carbocycles. The summed E-state index contributed by atoms with van der Waals surface area (Å²) in [5, 5.41) is 10.5. The van der Waals surface area contributed by atoms with E-state index in [1.54, 1.807) is 6.07 Å². The molecule has 0 radical (unpaired) electrons. The molecular formula is C15H20BrFO. The van der Waals surface area contributed by atoms with Crippen molar-refractivity contribution in [1.29, 1.82) is 0 Å². The normalized spacial score (nSPS) is 20.0. The van der Waals surface area contributed by atoms with Gasteiger partial charge in [-0.2, -0.15) is 0 Å². The van der Waals surface area contributed by atoms with E-state index in [1.165, 1.54) is 25.0 Å². The molecule has 0 saturated heterocycles. The summed E-state index contributed by atoms with van der Waals surface area (Å²) in [4.78, 5) is 0. The van der Waals surface area contributed by atoms with Crippen molar-refractivity contribution in [2.75, 3.05) is 0 Å². The maximum Gasteiger partial charge on any atom is 0.123 e. The molecule has 1 N–H and O–H groups in total. The van der Waals surface area contributed by atoms with Crippen LogP contribution in [0.15, 0.2) is 22.7 Å². The molecule has 18 heavy (non-hydrogen) atoms. The summed E-state index contributed by atoms with van der Waals surface area (Å²) in [6.45, 7) is 2.15. The Hall–Kier alpha value is -0.410. The zero-order valence-corrected chi connectivity index (χ0v) is 12.3. The van der Waals surface area contributed by atoms with Crippen LogP contribution in [0.5, 0.6) is 0 Å². The van der Waals surface area contributed by atoms with Crippen LogP contribution in [-0.4, -0.2) is 11.2 Å². The Morgan fingerprint density at radius 1 is 1.39 bits per heavy atom. The summed E-state index contributed by atoms with van der Waals surface area (Å²) >= 11 is 3.43. The zero-order chi connectivity index (χ0) is 13.2. The van der Waals surface area contributed by atoms with Gasteiger partial charge in [-0.05, 0) is 48.4 Å². The zero-order valence-electron chi connectivity index (χ0n) is 10.8. The van der Waals surface area contributed by atoms with Gasteiger partial charge < -0.3 is 5.11 Å². The van der Waals surface area contributed by atoms with Gasteiger partial charge in [0.1, 0.15) is 5.82 Å². The van der Waals surface area contributed by atoms with Gasteiger partial charge in [0.2, 0.25) is 0 Å². The quantitative estimate of drug-likeness (QED) is 0.869.